The summed E-state index contributed by atoms with van der Waals surface area (Å²) in [6, 6.07) is 7.63. The number of allylic oxidation sites excluding steroid dienone is 5. The van der Waals surface area contributed by atoms with Gasteiger partial charge in [0.2, 0.25) is 0 Å². The number of rotatable bonds is 5. The van der Waals surface area contributed by atoms with Gasteiger partial charge in [0.25, 0.3) is 0 Å². The summed E-state index contributed by atoms with van der Waals surface area (Å²) in [5, 5.41) is 1.90. The topological polar surface area (TPSA) is 17.1 Å². The Bertz CT molecular complexity index is 541. The van der Waals surface area contributed by atoms with Gasteiger partial charge in [0, 0.05) is 15.9 Å². The van der Waals surface area contributed by atoms with Crippen LogP contribution < -0.4 is 0 Å². The lowest BCUT2D eigenvalue weighted by Gasteiger charge is -2.01. The minimum Gasteiger partial charge on any atom is -0.289 e. The van der Waals surface area contributed by atoms with E-state index in [1.54, 1.807) is 11.8 Å². The standard InChI is InChI=1S/C17H18OS/c1-4-6-8-14(3)17(18)15-9-11-16(12-10-15)19-13-7-5-2/h4-6,8-13H,1-3H3/b6-4-,14-8+. The van der Waals surface area contributed by atoms with Gasteiger partial charge in [0.1, 0.15) is 0 Å². The molecule has 0 aromatic heterocycles. The summed E-state index contributed by atoms with van der Waals surface area (Å²) < 4.78 is 0. The summed E-state index contributed by atoms with van der Waals surface area (Å²) in [7, 11) is 0. The van der Waals surface area contributed by atoms with E-state index in [9.17, 15) is 4.79 Å². The van der Waals surface area contributed by atoms with Gasteiger partial charge in [-0.05, 0) is 56.7 Å². The number of carbonyl (C=O) groups excluding carboxylic acids is 1. The van der Waals surface area contributed by atoms with Crippen molar-refractivity contribution in [3.05, 3.63) is 70.8 Å². The second-order valence-electron chi connectivity index (χ2n) is 3.92. The third-order valence-electron chi connectivity index (χ3n) is 2.44. The molecule has 2 heteroatoms. The molecule has 1 aromatic rings. The fourth-order valence-corrected chi connectivity index (χ4v) is 2.03. The normalized spacial score (nSPS) is 11.2. The molecule has 0 aliphatic heterocycles. The first-order valence-electron chi connectivity index (χ1n) is 6.15. The largest absolute Gasteiger partial charge is 0.289 e. The van der Waals surface area contributed by atoms with Gasteiger partial charge in [0.15, 0.2) is 5.78 Å². The predicted molar refractivity (Wildman–Crippen MR) is 83.5 cm³/mol. The van der Waals surface area contributed by atoms with E-state index < -0.39 is 0 Å². The summed E-state index contributed by atoms with van der Waals surface area (Å²) in [6.07, 6.45) is 7.48. The van der Waals surface area contributed by atoms with Gasteiger partial charge in [0.05, 0.1) is 0 Å². The second kappa shape index (κ2) is 8.36. The SMILES string of the molecule is CC=C=CSc1ccc(C(=O)/C(C)=C/C=C\C)cc1. The van der Waals surface area contributed by atoms with Crippen LogP contribution in [-0.2, 0) is 0 Å². The lowest BCUT2D eigenvalue weighted by Crippen LogP contribution is -1.99. The maximum Gasteiger partial charge on any atom is 0.188 e. The summed E-state index contributed by atoms with van der Waals surface area (Å²) >= 11 is 1.58. The molecule has 0 atom stereocenters. The molecular formula is C17H18OS. The molecule has 0 saturated carbocycles. The third kappa shape index (κ3) is 5.17. The van der Waals surface area contributed by atoms with E-state index in [2.05, 4.69) is 5.73 Å². The van der Waals surface area contributed by atoms with Crippen LogP contribution in [0.3, 0.4) is 0 Å². The predicted octanol–water partition coefficient (Wildman–Crippen LogP) is 5.17. The minimum absolute atomic E-state index is 0.0682. The van der Waals surface area contributed by atoms with Crippen LogP contribution >= 0.6 is 11.8 Å². The monoisotopic (exact) mass is 270 g/mol. The van der Waals surface area contributed by atoms with Crippen molar-refractivity contribution in [2.75, 3.05) is 0 Å². The summed E-state index contributed by atoms with van der Waals surface area (Å²) in [5.41, 5.74) is 4.47. The summed E-state index contributed by atoms with van der Waals surface area (Å²) in [4.78, 5) is 13.2. The first-order valence-corrected chi connectivity index (χ1v) is 7.03. The number of hydrogen-bond acceptors (Lipinski definition) is 2. The molecule has 0 aliphatic rings. The van der Waals surface area contributed by atoms with Crippen LogP contribution in [0, 0.1) is 0 Å². The first kappa shape index (κ1) is 15.3. The number of carbonyl (C=O) groups is 1. The summed E-state index contributed by atoms with van der Waals surface area (Å²) in [6.45, 7) is 5.69. The average Bonchev–Trinajstić information content (AvgIpc) is 2.45. The fraction of sp³-hybridized carbons (Fsp3) is 0.176. The van der Waals surface area contributed by atoms with Crippen molar-refractivity contribution in [1.29, 1.82) is 0 Å². The van der Waals surface area contributed by atoms with E-state index >= 15 is 0 Å². The Morgan fingerprint density at radius 2 is 1.89 bits per heavy atom. The third-order valence-corrected chi connectivity index (χ3v) is 3.24. The van der Waals surface area contributed by atoms with E-state index in [0.717, 1.165) is 16.0 Å². The molecule has 0 saturated heterocycles. The Balaban J connectivity index is 2.81. The quantitative estimate of drug-likeness (QED) is 0.241. The molecule has 0 fully saturated rings. The van der Waals surface area contributed by atoms with Gasteiger partial charge in [-0.1, -0.05) is 30.0 Å². The molecule has 98 valence electrons. The number of Topliss-reactive ketones (excluding diaryl/α,β-unsaturated/α-hetero) is 1. The van der Waals surface area contributed by atoms with Crippen LogP contribution in [0.25, 0.3) is 0 Å². The zero-order valence-corrected chi connectivity index (χ0v) is 12.3. The van der Waals surface area contributed by atoms with Gasteiger partial charge in [-0.15, -0.1) is 5.73 Å². The molecule has 0 bridgehead atoms. The number of benzene rings is 1. The van der Waals surface area contributed by atoms with Crippen molar-refractivity contribution < 1.29 is 4.79 Å². The van der Waals surface area contributed by atoms with Crippen LogP contribution in [0.15, 0.2) is 70.2 Å². The molecule has 1 aromatic carbocycles. The summed E-state index contributed by atoms with van der Waals surface area (Å²) in [5.74, 6) is 0.0682. The molecule has 0 spiro atoms. The molecule has 0 aliphatic carbocycles. The van der Waals surface area contributed by atoms with Crippen molar-refractivity contribution in [3.8, 4) is 0 Å². The average molecular weight is 270 g/mol. The molecule has 0 amide bonds. The highest BCUT2D eigenvalue weighted by atomic mass is 32.2. The molecular weight excluding hydrogens is 252 g/mol. The molecule has 0 radical (unpaired) electrons. The van der Waals surface area contributed by atoms with E-state index in [1.165, 1.54) is 0 Å². The highest BCUT2D eigenvalue weighted by Gasteiger charge is 2.06. The smallest absolute Gasteiger partial charge is 0.188 e. The van der Waals surface area contributed by atoms with Crippen molar-refractivity contribution in [1.82, 2.24) is 0 Å². The first-order chi connectivity index (χ1) is 9.19. The maximum atomic E-state index is 12.1. The Morgan fingerprint density at radius 1 is 1.21 bits per heavy atom. The molecule has 0 N–H and O–H groups in total. The Kier molecular flexibility index (Phi) is 6.73. The molecule has 0 unspecified atom stereocenters. The van der Waals surface area contributed by atoms with Crippen LogP contribution in [0.5, 0.6) is 0 Å². The lowest BCUT2D eigenvalue weighted by atomic mass is 10.0. The number of thioether (sulfide) groups is 1. The second-order valence-corrected chi connectivity index (χ2v) is 4.86. The van der Waals surface area contributed by atoms with Crippen LogP contribution in [0.4, 0.5) is 0 Å². The van der Waals surface area contributed by atoms with E-state index in [-0.39, 0.29) is 5.78 Å². The van der Waals surface area contributed by atoms with E-state index in [4.69, 9.17) is 0 Å². The zero-order chi connectivity index (χ0) is 14.1. The van der Waals surface area contributed by atoms with Gasteiger partial charge < -0.3 is 0 Å². The molecule has 1 rings (SSSR count). The number of hydrogen-bond donors (Lipinski definition) is 0. The lowest BCUT2D eigenvalue weighted by molar-refractivity contribution is 0.103. The van der Waals surface area contributed by atoms with Crippen LogP contribution in [0.1, 0.15) is 31.1 Å². The van der Waals surface area contributed by atoms with Crippen molar-refractivity contribution in [2.45, 2.75) is 25.7 Å². The fourth-order valence-electron chi connectivity index (χ4n) is 1.40. The van der Waals surface area contributed by atoms with Gasteiger partial charge >= 0.3 is 0 Å². The van der Waals surface area contributed by atoms with E-state index in [0.29, 0.717) is 0 Å². The van der Waals surface area contributed by atoms with Crippen LogP contribution in [0.2, 0.25) is 0 Å². The highest BCUT2D eigenvalue weighted by Crippen LogP contribution is 2.20. The Morgan fingerprint density at radius 3 is 2.47 bits per heavy atom. The van der Waals surface area contributed by atoms with Gasteiger partial charge in [-0.25, -0.2) is 0 Å². The Hall–Kier alpha value is -1.76. The zero-order valence-electron chi connectivity index (χ0n) is 11.5. The van der Waals surface area contributed by atoms with Crippen molar-refractivity contribution in [2.24, 2.45) is 0 Å². The molecule has 0 heterocycles. The highest BCUT2D eigenvalue weighted by molar-refractivity contribution is 8.02. The van der Waals surface area contributed by atoms with Gasteiger partial charge in [-0.3, -0.25) is 4.79 Å². The maximum absolute atomic E-state index is 12.1. The van der Waals surface area contributed by atoms with Gasteiger partial charge in [-0.2, -0.15) is 0 Å². The van der Waals surface area contributed by atoms with Crippen molar-refractivity contribution in [3.63, 3.8) is 0 Å². The minimum atomic E-state index is 0.0682. The van der Waals surface area contributed by atoms with Crippen LogP contribution in [-0.4, -0.2) is 5.78 Å². The Labute approximate surface area is 119 Å². The number of ketones is 1. The van der Waals surface area contributed by atoms with Crippen molar-refractivity contribution >= 4 is 17.5 Å². The van der Waals surface area contributed by atoms with E-state index in [1.807, 2.05) is 74.7 Å². The molecule has 1 nitrogen and oxygen atoms in total. The molecule has 19 heavy (non-hydrogen) atoms.